The Morgan fingerprint density at radius 1 is 1.29 bits per heavy atom. The highest BCUT2D eigenvalue weighted by Crippen LogP contribution is 2.27. The van der Waals surface area contributed by atoms with E-state index in [2.05, 4.69) is 49.3 Å². The zero-order chi connectivity index (χ0) is 12.3. The van der Waals surface area contributed by atoms with Crippen molar-refractivity contribution in [2.75, 3.05) is 11.9 Å². The molecule has 0 saturated carbocycles. The van der Waals surface area contributed by atoms with Crippen LogP contribution in [-0.2, 0) is 12.8 Å². The summed E-state index contributed by atoms with van der Waals surface area (Å²) in [5.74, 6) is 0. The summed E-state index contributed by atoms with van der Waals surface area (Å²) in [4.78, 5) is 4.53. The zero-order valence-electron chi connectivity index (χ0n) is 10.8. The van der Waals surface area contributed by atoms with E-state index in [1.165, 1.54) is 16.8 Å². The molecule has 1 unspecified atom stereocenters. The lowest BCUT2D eigenvalue weighted by atomic mass is 10.0. The van der Waals surface area contributed by atoms with Crippen molar-refractivity contribution in [2.24, 2.45) is 4.99 Å². The second-order valence-corrected chi connectivity index (χ2v) is 5.78. The Kier molecular flexibility index (Phi) is 4.11. The number of nitrogens with one attached hydrogen (secondary N) is 1. The minimum absolute atomic E-state index is 0.608. The van der Waals surface area contributed by atoms with E-state index in [1.807, 2.05) is 11.8 Å². The molecule has 2 rings (SSSR count). The van der Waals surface area contributed by atoms with E-state index in [-0.39, 0.29) is 0 Å². The van der Waals surface area contributed by atoms with Crippen LogP contribution in [0.25, 0.3) is 0 Å². The molecule has 0 fully saturated rings. The molecule has 1 heterocycles. The molecule has 17 heavy (non-hydrogen) atoms. The van der Waals surface area contributed by atoms with Gasteiger partial charge in [-0.3, -0.25) is 4.99 Å². The van der Waals surface area contributed by atoms with Crippen LogP contribution in [0.2, 0.25) is 0 Å². The fraction of sp³-hybridized carbons (Fsp3) is 0.500. The molecular formula is C14H20N2S. The molecular weight excluding hydrogens is 228 g/mol. The fourth-order valence-corrected chi connectivity index (χ4v) is 2.90. The van der Waals surface area contributed by atoms with Gasteiger partial charge in [0.1, 0.15) is 0 Å². The highest BCUT2D eigenvalue weighted by Gasteiger charge is 2.16. The number of nitrogens with zero attached hydrogens (tertiary/aromatic N) is 1. The summed E-state index contributed by atoms with van der Waals surface area (Å²) in [6.45, 7) is 7.55. The molecule has 1 N–H and O–H groups in total. The first-order chi connectivity index (χ1) is 8.24. The van der Waals surface area contributed by atoms with Crippen molar-refractivity contribution in [3.05, 3.63) is 29.3 Å². The van der Waals surface area contributed by atoms with E-state index in [1.54, 1.807) is 0 Å². The highest BCUT2D eigenvalue weighted by molar-refractivity contribution is 8.15. The lowest BCUT2D eigenvalue weighted by molar-refractivity contribution is 0.976. The molecule has 3 heteroatoms. The van der Waals surface area contributed by atoms with Crippen molar-refractivity contribution >= 4 is 22.6 Å². The highest BCUT2D eigenvalue weighted by atomic mass is 32.2. The second-order valence-electron chi connectivity index (χ2n) is 4.36. The van der Waals surface area contributed by atoms with Crippen LogP contribution >= 0.6 is 11.8 Å². The number of thioether (sulfide) groups is 1. The van der Waals surface area contributed by atoms with Crippen LogP contribution in [0.4, 0.5) is 5.69 Å². The van der Waals surface area contributed by atoms with Crippen molar-refractivity contribution in [3.63, 3.8) is 0 Å². The van der Waals surface area contributed by atoms with Gasteiger partial charge in [0.15, 0.2) is 5.17 Å². The average Bonchev–Trinajstić information content (AvgIpc) is 2.75. The molecule has 1 aromatic carbocycles. The van der Waals surface area contributed by atoms with Crippen molar-refractivity contribution < 1.29 is 0 Å². The first-order valence-corrected chi connectivity index (χ1v) is 7.21. The largest absolute Gasteiger partial charge is 0.335 e. The Labute approximate surface area is 108 Å². The van der Waals surface area contributed by atoms with Crippen molar-refractivity contribution in [2.45, 2.75) is 38.9 Å². The van der Waals surface area contributed by atoms with Crippen molar-refractivity contribution in [1.82, 2.24) is 0 Å². The van der Waals surface area contributed by atoms with Crippen LogP contribution < -0.4 is 5.32 Å². The Balaban J connectivity index is 2.24. The van der Waals surface area contributed by atoms with Crippen molar-refractivity contribution in [3.8, 4) is 0 Å². The Bertz CT molecular complexity index is 404. The number of anilines is 1. The predicted molar refractivity (Wildman–Crippen MR) is 78.2 cm³/mol. The molecule has 0 amide bonds. The van der Waals surface area contributed by atoms with Gasteiger partial charge in [-0.05, 0) is 24.0 Å². The molecule has 1 aliphatic heterocycles. The normalized spacial score (nSPS) is 19.2. The molecule has 0 spiro atoms. The Morgan fingerprint density at radius 3 is 2.41 bits per heavy atom. The monoisotopic (exact) mass is 248 g/mol. The molecule has 2 nitrogen and oxygen atoms in total. The van der Waals surface area contributed by atoms with E-state index in [4.69, 9.17) is 0 Å². The van der Waals surface area contributed by atoms with Crippen molar-refractivity contribution in [1.29, 1.82) is 0 Å². The molecule has 0 saturated heterocycles. The third kappa shape index (κ3) is 2.83. The van der Waals surface area contributed by atoms with Gasteiger partial charge in [0, 0.05) is 10.9 Å². The van der Waals surface area contributed by atoms with Gasteiger partial charge in [-0.2, -0.15) is 0 Å². The number of para-hydroxylation sites is 1. The zero-order valence-corrected chi connectivity index (χ0v) is 11.6. The number of hydrogen-bond acceptors (Lipinski definition) is 3. The lowest BCUT2D eigenvalue weighted by Crippen LogP contribution is -2.10. The van der Waals surface area contributed by atoms with E-state index >= 15 is 0 Å². The summed E-state index contributed by atoms with van der Waals surface area (Å²) in [6, 6.07) is 6.55. The van der Waals surface area contributed by atoms with Crippen LogP contribution in [0.1, 0.15) is 31.9 Å². The number of benzene rings is 1. The molecule has 92 valence electrons. The quantitative estimate of drug-likeness (QED) is 0.881. The molecule has 1 atom stereocenters. The van der Waals surface area contributed by atoms with Crippen LogP contribution in [0.3, 0.4) is 0 Å². The van der Waals surface area contributed by atoms with Gasteiger partial charge in [0.25, 0.3) is 0 Å². The minimum atomic E-state index is 0.608. The maximum Gasteiger partial charge on any atom is 0.161 e. The van der Waals surface area contributed by atoms with Crippen LogP contribution in [0.5, 0.6) is 0 Å². The van der Waals surface area contributed by atoms with E-state index < -0.39 is 0 Å². The van der Waals surface area contributed by atoms with Crippen LogP contribution in [0.15, 0.2) is 23.2 Å². The van der Waals surface area contributed by atoms with Gasteiger partial charge in [0.2, 0.25) is 0 Å². The number of amidine groups is 1. The summed E-state index contributed by atoms with van der Waals surface area (Å²) < 4.78 is 0. The third-order valence-electron chi connectivity index (χ3n) is 3.04. The Hall–Kier alpha value is -0.960. The summed E-state index contributed by atoms with van der Waals surface area (Å²) >= 11 is 1.84. The minimum Gasteiger partial charge on any atom is -0.335 e. The van der Waals surface area contributed by atoms with E-state index in [9.17, 15) is 0 Å². The maximum absolute atomic E-state index is 4.53. The molecule has 0 radical (unpaired) electrons. The van der Waals surface area contributed by atoms with Gasteiger partial charge in [0.05, 0.1) is 6.54 Å². The van der Waals surface area contributed by atoms with Crippen LogP contribution in [-0.4, -0.2) is 17.0 Å². The summed E-state index contributed by atoms with van der Waals surface area (Å²) in [5.41, 5.74) is 4.04. The number of aryl methyl sites for hydroxylation is 2. The maximum atomic E-state index is 4.53. The van der Waals surface area contributed by atoms with Crippen LogP contribution in [0, 0.1) is 0 Å². The summed E-state index contributed by atoms with van der Waals surface area (Å²) in [6.07, 6.45) is 2.12. The summed E-state index contributed by atoms with van der Waals surface area (Å²) in [7, 11) is 0. The molecule has 0 aromatic heterocycles. The average molecular weight is 248 g/mol. The molecule has 1 aliphatic rings. The van der Waals surface area contributed by atoms with Gasteiger partial charge >= 0.3 is 0 Å². The topological polar surface area (TPSA) is 24.4 Å². The first kappa shape index (κ1) is 12.5. The number of aliphatic imine (C=N–C) groups is 1. The van der Waals surface area contributed by atoms with E-state index in [0.29, 0.717) is 5.25 Å². The van der Waals surface area contributed by atoms with Gasteiger partial charge in [-0.25, -0.2) is 0 Å². The van der Waals surface area contributed by atoms with E-state index in [0.717, 1.165) is 24.6 Å². The van der Waals surface area contributed by atoms with Gasteiger partial charge < -0.3 is 5.32 Å². The molecule has 0 aliphatic carbocycles. The van der Waals surface area contributed by atoms with Gasteiger partial charge in [-0.15, -0.1) is 0 Å². The second kappa shape index (κ2) is 5.58. The fourth-order valence-electron chi connectivity index (χ4n) is 2.06. The Morgan fingerprint density at radius 2 is 1.94 bits per heavy atom. The number of rotatable bonds is 3. The standard InChI is InChI=1S/C14H20N2S/c1-4-11-7-6-8-12(5-2)13(11)16-14-15-9-10(3)17-14/h6-8,10H,4-5,9H2,1-3H3,(H,15,16). The predicted octanol–water partition coefficient (Wildman–Crippen LogP) is 3.71. The first-order valence-electron chi connectivity index (χ1n) is 6.33. The molecule has 0 bridgehead atoms. The number of hydrogen-bond donors (Lipinski definition) is 1. The summed E-state index contributed by atoms with van der Waals surface area (Å²) in [5, 5.41) is 5.21. The molecule has 1 aromatic rings. The third-order valence-corrected chi connectivity index (χ3v) is 4.04. The smallest absolute Gasteiger partial charge is 0.161 e. The SMILES string of the molecule is CCc1cccc(CC)c1NC1=NCC(C)S1. The van der Waals surface area contributed by atoms with Gasteiger partial charge in [-0.1, -0.05) is 50.7 Å². The lowest BCUT2D eigenvalue weighted by Gasteiger charge is -2.15.